The van der Waals surface area contributed by atoms with Gasteiger partial charge in [0, 0.05) is 17.4 Å². The lowest BCUT2D eigenvalue weighted by molar-refractivity contribution is -0.123. The number of nitrogens with zero attached hydrogens (tertiary/aromatic N) is 2. The fraction of sp³-hybridized carbons (Fsp3) is 0.0800. The fourth-order valence-corrected chi connectivity index (χ4v) is 3.09. The predicted octanol–water partition coefficient (Wildman–Crippen LogP) is 4.72. The minimum Gasteiger partial charge on any atom is -0.449 e. The lowest BCUT2D eigenvalue weighted by Gasteiger charge is -2.13. The first-order chi connectivity index (χ1) is 15.1. The molecule has 3 aromatic carbocycles. The second-order valence-corrected chi connectivity index (χ2v) is 6.94. The maximum absolute atomic E-state index is 13.0. The van der Waals surface area contributed by atoms with Crippen LogP contribution in [0.3, 0.4) is 0 Å². The number of amides is 1. The Balaban J connectivity index is 1.59. The third-order valence-corrected chi connectivity index (χ3v) is 4.70. The summed E-state index contributed by atoms with van der Waals surface area (Å²) < 4.78 is 7.11. The van der Waals surface area contributed by atoms with Gasteiger partial charge in [-0.05, 0) is 31.2 Å². The molecule has 1 amide bonds. The van der Waals surface area contributed by atoms with Gasteiger partial charge in [0.1, 0.15) is 11.3 Å². The highest BCUT2D eigenvalue weighted by atomic mass is 16.5. The van der Waals surface area contributed by atoms with Crippen LogP contribution in [-0.4, -0.2) is 27.8 Å². The van der Waals surface area contributed by atoms with Crippen LogP contribution >= 0.6 is 0 Å². The van der Waals surface area contributed by atoms with Crippen LogP contribution in [0.2, 0.25) is 0 Å². The van der Waals surface area contributed by atoms with Gasteiger partial charge >= 0.3 is 5.97 Å². The summed E-state index contributed by atoms with van der Waals surface area (Å²) >= 11 is 0. The van der Waals surface area contributed by atoms with E-state index in [9.17, 15) is 9.59 Å². The molecule has 0 bridgehead atoms. The summed E-state index contributed by atoms with van der Waals surface area (Å²) in [4.78, 5) is 25.4. The maximum atomic E-state index is 13.0. The van der Waals surface area contributed by atoms with Crippen molar-refractivity contribution in [1.29, 1.82) is 0 Å². The van der Waals surface area contributed by atoms with E-state index in [-0.39, 0.29) is 5.56 Å². The summed E-state index contributed by atoms with van der Waals surface area (Å²) in [5.41, 5.74) is 3.01. The summed E-state index contributed by atoms with van der Waals surface area (Å²) in [6.45, 7) is 1.54. The van der Waals surface area contributed by atoms with Crippen LogP contribution in [0.5, 0.6) is 0 Å². The lowest BCUT2D eigenvalue weighted by Crippen LogP contribution is -2.30. The Morgan fingerprint density at radius 2 is 1.45 bits per heavy atom. The Morgan fingerprint density at radius 3 is 2.10 bits per heavy atom. The molecule has 0 saturated carbocycles. The molecule has 4 aromatic rings. The molecule has 1 heterocycles. The van der Waals surface area contributed by atoms with Crippen LogP contribution in [0.25, 0.3) is 16.9 Å². The summed E-state index contributed by atoms with van der Waals surface area (Å²) in [5.74, 6) is -1.02. The molecule has 0 saturated heterocycles. The molecule has 0 radical (unpaired) electrons. The first-order valence-electron chi connectivity index (χ1n) is 9.89. The van der Waals surface area contributed by atoms with Gasteiger partial charge in [0.25, 0.3) is 5.91 Å². The minimum atomic E-state index is -0.976. The van der Waals surface area contributed by atoms with Crippen molar-refractivity contribution in [3.8, 4) is 16.9 Å². The topological polar surface area (TPSA) is 73.2 Å². The minimum absolute atomic E-state index is 0.286. The number of nitrogens with one attached hydrogen (secondary N) is 1. The van der Waals surface area contributed by atoms with E-state index in [2.05, 4.69) is 10.4 Å². The van der Waals surface area contributed by atoms with E-state index in [1.165, 1.54) is 0 Å². The van der Waals surface area contributed by atoms with Crippen molar-refractivity contribution in [2.45, 2.75) is 13.0 Å². The van der Waals surface area contributed by atoms with E-state index in [1.807, 2.05) is 78.9 Å². The number of hydrogen-bond acceptors (Lipinski definition) is 4. The van der Waals surface area contributed by atoms with E-state index in [4.69, 9.17) is 4.74 Å². The van der Waals surface area contributed by atoms with Gasteiger partial charge in [0.05, 0.1) is 5.69 Å². The number of esters is 1. The van der Waals surface area contributed by atoms with Gasteiger partial charge in [-0.15, -0.1) is 0 Å². The van der Waals surface area contributed by atoms with E-state index < -0.39 is 18.0 Å². The van der Waals surface area contributed by atoms with Crippen LogP contribution in [0.1, 0.15) is 17.3 Å². The highest BCUT2D eigenvalue weighted by molar-refractivity contribution is 6.00. The van der Waals surface area contributed by atoms with Crippen molar-refractivity contribution in [2.75, 3.05) is 5.32 Å². The van der Waals surface area contributed by atoms with Gasteiger partial charge in [0.15, 0.2) is 6.10 Å². The molecule has 4 rings (SSSR count). The van der Waals surface area contributed by atoms with E-state index in [0.29, 0.717) is 11.4 Å². The number of carbonyl (C=O) groups is 2. The molecule has 1 aromatic heterocycles. The third-order valence-electron chi connectivity index (χ3n) is 4.70. The van der Waals surface area contributed by atoms with Crippen LogP contribution < -0.4 is 5.32 Å². The van der Waals surface area contributed by atoms with Gasteiger partial charge in [-0.3, -0.25) is 4.79 Å². The Bertz CT molecular complexity index is 1170. The van der Waals surface area contributed by atoms with Gasteiger partial charge in [-0.25, -0.2) is 9.48 Å². The van der Waals surface area contributed by atoms with Gasteiger partial charge < -0.3 is 10.1 Å². The van der Waals surface area contributed by atoms with E-state index >= 15 is 0 Å². The summed E-state index contributed by atoms with van der Waals surface area (Å²) in [6, 6.07) is 27.9. The van der Waals surface area contributed by atoms with Gasteiger partial charge in [0.2, 0.25) is 0 Å². The van der Waals surface area contributed by atoms with Crippen molar-refractivity contribution in [3.63, 3.8) is 0 Å². The molecule has 0 aliphatic rings. The number of carbonyl (C=O) groups excluding carboxylic acids is 2. The smallest absolute Gasteiger partial charge is 0.342 e. The zero-order chi connectivity index (χ0) is 21.6. The molecular formula is C25H21N3O3. The number of ether oxygens (including phenoxy) is 1. The number of anilines is 1. The summed E-state index contributed by atoms with van der Waals surface area (Å²) in [6.07, 6.45) is 0.651. The van der Waals surface area contributed by atoms with Crippen molar-refractivity contribution >= 4 is 17.6 Å². The molecule has 0 unspecified atom stereocenters. The van der Waals surface area contributed by atoms with Crippen LogP contribution in [0, 0.1) is 0 Å². The summed E-state index contributed by atoms with van der Waals surface area (Å²) in [5, 5.41) is 7.35. The number of benzene rings is 3. The molecule has 6 heteroatoms. The molecular weight excluding hydrogens is 390 g/mol. The number of rotatable bonds is 6. The average molecular weight is 411 g/mol. The predicted molar refractivity (Wildman–Crippen MR) is 119 cm³/mol. The number of aromatic nitrogens is 2. The normalized spacial score (nSPS) is 11.5. The Labute approximate surface area is 180 Å². The lowest BCUT2D eigenvalue weighted by atomic mass is 10.1. The molecule has 0 spiro atoms. The van der Waals surface area contributed by atoms with Crippen LogP contribution in [0.15, 0.2) is 97.2 Å². The standard InChI is InChI=1S/C25H21N3O3/c1-18(24(29)26-20-13-7-3-8-14-20)31-25(30)22-17-28(21-15-9-4-10-16-21)27-23(22)19-11-5-2-6-12-19/h2-18H,1H3,(H,26,29)/t18-/m0/s1. The zero-order valence-corrected chi connectivity index (χ0v) is 16.9. The first kappa shape index (κ1) is 20.1. The largest absolute Gasteiger partial charge is 0.449 e. The molecule has 0 aliphatic heterocycles. The number of para-hydroxylation sites is 2. The van der Waals surface area contributed by atoms with Gasteiger partial charge in [-0.1, -0.05) is 66.7 Å². The Morgan fingerprint density at radius 1 is 0.871 bits per heavy atom. The van der Waals surface area contributed by atoms with Crippen molar-refractivity contribution in [1.82, 2.24) is 9.78 Å². The highest BCUT2D eigenvalue weighted by Gasteiger charge is 2.24. The molecule has 0 aliphatic carbocycles. The SMILES string of the molecule is C[C@H](OC(=O)c1cn(-c2ccccc2)nc1-c1ccccc1)C(=O)Nc1ccccc1. The number of hydrogen-bond donors (Lipinski definition) is 1. The molecule has 154 valence electrons. The fourth-order valence-electron chi connectivity index (χ4n) is 3.09. The summed E-state index contributed by atoms with van der Waals surface area (Å²) in [7, 11) is 0. The molecule has 6 nitrogen and oxygen atoms in total. The van der Waals surface area contributed by atoms with Crippen molar-refractivity contribution in [2.24, 2.45) is 0 Å². The van der Waals surface area contributed by atoms with Crippen molar-refractivity contribution in [3.05, 3.63) is 103 Å². The van der Waals surface area contributed by atoms with Gasteiger partial charge in [-0.2, -0.15) is 5.10 Å². The highest BCUT2D eigenvalue weighted by Crippen LogP contribution is 2.25. The van der Waals surface area contributed by atoms with E-state index in [0.717, 1.165) is 11.3 Å². The zero-order valence-electron chi connectivity index (χ0n) is 16.9. The Kier molecular flexibility index (Phi) is 5.89. The molecule has 0 fully saturated rings. The first-order valence-corrected chi connectivity index (χ1v) is 9.89. The van der Waals surface area contributed by atoms with E-state index in [1.54, 1.807) is 29.9 Å². The second kappa shape index (κ2) is 9.09. The second-order valence-electron chi connectivity index (χ2n) is 6.94. The van der Waals surface area contributed by atoms with Crippen molar-refractivity contribution < 1.29 is 14.3 Å². The Hall–Kier alpha value is -4.19. The third kappa shape index (κ3) is 4.70. The van der Waals surface area contributed by atoms with Crippen LogP contribution in [-0.2, 0) is 9.53 Å². The van der Waals surface area contributed by atoms with Crippen LogP contribution in [0.4, 0.5) is 5.69 Å². The molecule has 1 atom stereocenters. The quantitative estimate of drug-likeness (QED) is 0.466. The average Bonchev–Trinajstić information content (AvgIpc) is 3.27. The molecule has 31 heavy (non-hydrogen) atoms. The monoisotopic (exact) mass is 411 g/mol. The molecule has 1 N–H and O–H groups in total. The maximum Gasteiger partial charge on any atom is 0.342 e.